The Morgan fingerprint density at radius 1 is 1.09 bits per heavy atom. The van der Waals surface area contributed by atoms with Crippen molar-refractivity contribution in [1.82, 2.24) is 4.98 Å². The summed E-state index contributed by atoms with van der Waals surface area (Å²) in [6.45, 7) is -1.50. The van der Waals surface area contributed by atoms with E-state index in [-0.39, 0.29) is 34.2 Å². The highest BCUT2D eigenvalue weighted by Crippen LogP contribution is 2.41. The van der Waals surface area contributed by atoms with Gasteiger partial charge in [0.05, 0.1) is 0 Å². The molecule has 0 radical (unpaired) electrons. The Kier molecular flexibility index (Phi) is 5.92. The number of nitrogens with one attached hydrogen (secondary N) is 1. The Balaban J connectivity index is 1.60. The Morgan fingerprint density at radius 3 is 2.39 bits per heavy atom. The van der Waals surface area contributed by atoms with Gasteiger partial charge in [-0.05, 0) is 65.8 Å². The first kappa shape index (κ1) is 22.5. The molecule has 3 aromatic rings. The fraction of sp³-hybridized carbons (Fsp3) is 0.217. The summed E-state index contributed by atoms with van der Waals surface area (Å²) in [6, 6.07) is 8.78. The van der Waals surface area contributed by atoms with Gasteiger partial charge in [0.1, 0.15) is 34.5 Å². The van der Waals surface area contributed by atoms with E-state index in [0.717, 1.165) is 30.5 Å². The second-order valence-corrected chi connectivity index (χ2v) is 7.62. The van der Waals surface area contributed by atoms with Crippen molar-refractivity contribution >= 4 is 17.5 Å². The maximum absolute atomic E-state index is 14.8. The second-order valence-electron chi connectivity index (χ2n) is 7.62. The molecule has 2 aromatic carbocycles. The quantitative estimate of drug-likeness (QED) is 0.403. The molecule has 0 aliphatic heterocycles. The number of carboxylic acids is 1. The van der Waals surface area contributed by atoms with Gasteiger partial charge in [-0.25, -0.2) is 18.6 Å². The summed E-state index contributed by atoms with van der Waals surface area (Å²) >= 11 is 0. The lowest BCUT2D eigenvalue weighted by atomic mass is 10.0. The minimum Gasteiger partial charge on any atom is -0.484 e. The number of hydrogen-bond acceptors (Lipinski definition) is 4. The molecule has 1 fully saturated rings. The molecule has 4 rings (SSSR count). The molecule has 1 heterocycles. The van der Waals surface area contributed by atoms with E-state index in [1.165, 1.54) is 36.5 Å². The van der Waals surface area contributed by atoms with Gasteiger partial charge in [-0.15, -0.1) is 0 Å². The van der Waals surface area contributed by atoms with Crippen LogP contribution in [0, 0.1) is 11.6 Å². The third-order valence-corrected chi connectivity index (χ3v) is 5.04. The Hall–Kier alpha value is -3.69. The van der Waals surface area contributed by atoms with Crippen LogP contribution in [0.3, 0.4) is 0 Å². The number of ether oxygens (including phenoxy) is 1. The van der Waals surface area contributed by atoms with Gasteiger partial charge in [-0.3, -0.25) is 0 Å². The number of halogens is 5. The van der Waals surface area contributed by atoms with Crippen molar-refractivity contribution in [2.45, 2.75) is 24.9 Å². The van der Waals surface area contributed by atoms with Crippen LogP contribution < -0.4 is 10.1 Å². The highest BCUT2D eigenvalue weighted by atomic mass is 19.4. The summed E-state index contributed by atoms with van der Waals surface area (Å²) in [5, 5.41) is 11.9. The van der Waals surface area contributed by atoms with Gasteiger partial charge in [-0.1, -0.05) is 12.1 Å². The molecule has 0 atom stereocenters. The number of rotatable bonds is 7. The largest absolute Gasteiger partial charge is 0.484 e. The molecule has 2 N–H and O–H groups in total. The smallest absolute Gasteiger partial charge is 0.422 e. The van der Waals surface area contributed by atoms with Crippen molar-refractivity contribution in [3.8, 4) is 16.9 Å². The van der Waals surface area contributed by atoms with E-state index in [1.807, 2.05) is 0 Å². The lowest BCUT2D eigenvalue weighted by Crippen LogP contribution is -2.19. The van der Waals surface area contributed by atoms with Crippen molar-refractivity contribution in [2.75, 3.05) is 11.9 Å². The minimum absolute atomic E-state index is 0.0588. The molecule has 1 saturated carbocycles. The van der Waals surface area contributed by atoms with Crippen LogP contribution in [0.1, 0.15) is 34.7 Å². The molecule has 1 aliphatic carbocycles. The van der Waals surface area contributed by atoms with Crippen molar-refractivity contribution in [3.63, 3.8) is 0 Å². The first-order valence-corrected chi connectivity index (χ1v) is 9.90. The van der Waals surface area contributed by atoms with Crippen LogP contribution in [0.4, 0.5) is 33.5 Å². The van der Waals surface area contributed by atoms with Crippen LogP contribution in [0.2, 0.25) is 0 Å². The zero-order chi connectivity index (χ0) is 23.8. The number of carbonyl (C=O) groups is 1. The molecule has 10 heteroatoms. The van der Waals surface area contributed by atoms with E-state index >= 15 is 0 Å². The van der Waals surface area contributed by atoms with Crippen LogP contribution >= 0.6 is 0 Å². The maximum atomic E-state index is 14.8. The molecular formula is C23H17F5N2O3. The van der Waals surface area contributed by atoms with Gasteiger partial charge in [0.25, 0.3) is 0 Å². The molecule has 0 unspecified atom stereocenters. The number of pyridine rings is 1. The molecule has 5 nitrogen and oxygen atoms in total. The summed E-state index contributed by atoms with van der Waals surface area (Å²) in [5.41, 5.74) is 0.233. The molecule has 172 valence electrons. The van der Waals surface area contributed by atoms with Crippen molar-refractivity contribution in [1.29, 1.82) is 0 Å². The number of carboxylic acid groups (broad SMARTS) is 1. The molecule has 0 amide bonds. The third-order valence-electron chi connectivity index (χ3n) is 5.04. The lowest BCUT2D eigenvalue weighted by Gasteiger charge is -2.14. The fourth-order valence-electron chi connectivity index (χ4n) is 3.29. The van der Waals surface area contributed by atoms with Gasteiger partial charge >= 0.3 is 12.1 Å². The molecule has 33 heavy (non-hydrogen) atoms. The van der Waals surface area contributed by atoms with Gasteiger partial charge in [0.15, 0.2) is 6.61 Å². The number of aromatic carboxylic acids is 1. The van der Waals surface area contributed by atoms with Crippen molar-refractivity contribution < 1.29 is 36.6 Å². The number of hydrogen-bond donors (Lipinski definition) is 2. The van der Waals surface area contributed by atoms with Crippen LogP contribution in [0.15, 0.2) is 48.7 Å². The summed E-state index contributed by atoms with van der Waals surface area (Å²) < 4.78 is 71.3. The van der Waals surface area contributed by atoms with Crippen molar-refractivity contribution in [3.05, 3.63) is 71.4 Å². The highest BCUT2D eigenvalue weighted by Gasteiger charge is 2.28. The molecular weight excluding hydrogens is 447 g/mol. The lowest BCUT2D eigenvalue weighted by molar-refractivity contribution is -0.153. The average molecular weight is 464 g/mol. The predicted octanol–water partition coefficient (Wildman–Crippen LogP) is 6.29. The van der Waals surface area contributed by atoms with Crippen LogP contribution in [-0.2, 0) is 0 Å². The monoisotopic (exact) mass is 464 g/mol. The first-order valence-electron chi connectivity index (χ1n) is 9.90. The van der Waals surface area contributed by atoms with E-state index < -0.39 is 36.1 Å². The second kappa shape index (κ2) is 8.68. The van der Waals surface area contributed by atoms with E-state index in [1.54, 1.807) is 0 Å². The highest BCUT2D eigenvalue weighted by molar-refractivity contribution is 5.94. The molecule has 0 spiro atoms. The average Bonchev–Trinajstić information content (AvgIpc) is 3.60. The summed E-state index contributed by atoms with van der Waals surface area (Å²) in [7, 11) is 0. The maximum Gasteiger partial charge on any atom is 0.422 e. The first-order chi connectivity index (χ1) is 15.6. The number of alkyl halides is 3. The topological polar surface area (TPSA) is 71.5 Å². The predicted molar refractivity (Wildman–Crippen MR) is 110 cm³/mol. The summed E-state index contributed by atoms with van der Waals surface area (Å²) in [6.07, 6.45) is -1.19. The molecule has 0 saturated heterocycles. The number of anilines is 2. The van der Waals surface area contributed by atoms with Crippen LogP contribution in [0.25, 0.3) is 11.1 Å². The van der Waals surface area contributed by atoms with Gasteiger partial charge in [0, 0.05) is 6.20 Å². The minimum atomic E-state index is -4.53. The van der Waals surface area contributed by atoms with E-state index in [2.05, 4.69) is 15.0 Å². The normalized spacial score (nSPS) is 13.6. The standard InChI is InChI=1S/C23H17F5N2O3/c24-18-8-14(13-2-1-3-16(6-13)33-11-23(26,27)28)9-19(25)20(18)30-21-17(22(31)32)7-15(10-29-21)12-4-5-12/h1-3,6-10,12H,4-5,11H2,(H,29,30)(H,31,32). The fourth-order valence-corrected chi connectivity index (χ4v) is 3.29. The summed E-state index contributed by atoms with van der Waals surface area (Å²) in [5.74, 6) is -3.43. The van der Waals surface area contributed by atoms with Gasteiger partial charge in [-0.2, -0.15) is 13.2 Å². The zero-order valence-electron chi connectivity index (χ0n) is 16.9. The molecule has 1 aromatic heterocycles. The Bertz CT molecular complexity index is 1190. The van der Waals surface area contributed by atoms with E-state index in [0.29, 0.717) is 0 Å². The Morgan fingerprint density at radius 2 is 1.79 bits per heavy atom. The van der Waals surface area contributed by atoms with Crippen LogP contribution in [0.5, 0.6) is 5.75 Å². The SMILES string of the molecule is O=C(O)c1cc(C2CC2)cnc1Nc1c(F)cc(-c2cccc(OCC(F)(F)F)c2)cc1F. The van der Waals surface area contributed by atoms with Gasteiger partial charge < -0.3 is 15.2 Å². The van der Waals surface area contributed by atoms with E-state index in [9.17, 15) is 31.9 Å². The van der Waals surface area contributed by atoms with E-state index in [4.69, 9.17) is 0 Å². The zero-order valence-corrected chi connectivity index (χ0v) is 16.9. The summed E-state index contributed by atoms with van der Waals surface area (Å²) in [4.78, 5) is 15.7. The van der Waals surface area contributed by atoms with Crippen LogP contribution in [-0.4, -0.2) is 28.8 Å². The number of aromatic nitrogens is 1. The Labute approximate surface area is 184 Å². The molecule has 0 bridgehead atoms. The van der Waals surface area contributed by atoms with Crippen molar-refractivity contribution in [2.24, 2.45) is 0 Å². The number of nitrogens with zero attached hydrogens (tertiary/aromatic N) is 1. The van der Waals surface area contributed by atoms with Gasteiger partial charge in [0.2, 0.25) is 0 Å². The third kappa shape index (κ3) is 5.39. The number of benzene rings is 2. The molecule has 1 aliphatic rings.